The highest BCUT2D eigenvalue weighted by atomic mass is 35.5. The van der Waals surface area contributed by atoms with Gasteiger partial charge in [-0.3, -0.25) is 4.68 Å². The number of nitrogens with one attached hydrogen (secondary N) is 1. The number of fused-ring (bicyclic) bond motifs is 1. The molecule has 1 N–H and O–H groups in total. The Labute approximate surface area is 151 Å². The first kappa shape index (κ1) is 16.1. The molecule has 25 heavy (non-hydrogen) atoms. The highest BCUT2D eigenvalue weighted by Gasteiger charge is 2.22. The van der Waals surface area contributed by atoms with Gasteiger partial charge >= 0.3 is 0 Å². The average molecular weight is 355 g/mol. The minimum absolute atomic E-state index is 0.472. The van der Waals surface area contributed by atoms with Crippen LogP contribution >= 0.6 is 11.6 Å². The molecule has 0 radical (unpaired) electrons. The van der Waals surface area contributed by atoms with Gasteiger partial charge in [0.15, 0.2) is 6.20 Å². The van der Waals surface area contributed by atoms with Crippen molar-refractivity contribution in [1.82, 2.24) is 15.1 Å². The summed E-state index contributed by atoms with van der Waals surface area (Å²) in [4.78, 5) is 0. The molecule has 3 aromatic rings. The summed E-state index contributed by atoms with van der Waals surface area (Å²) in [5, 5.41) is 21.0. The van der Waals surface area contributed by atoms with Gasteiger partial charge in [-0.15, -0.1) is 0 Å². The fraction of sp³-hybridized carbons (Fsp3) is 0.263. The Morgan fingerprint density at radius 3 is 2.72 bits per heavy atom. The highest BCUT2D eigenvalue weighted by molar-refractivity contribution is 6.30. The molecule has 0 unspecified atom stereocenters. The molecule has 5 nitrogen and oxygen atoms in total. The normalized spacial score (nSPS) is 14.1. The van der Waals surface area contributed by atoms with Crippen LogP contribution in [-0.2, 0) is 19.4 Å². The molecule has 1 aromatic carbocycles. The van der Waals surface area contributed by atoms with Crippen molar-refractivity contribution in [3.63, 3.8) is 0 Å². The lowest BCUT2D eigenvalue weighted by atomic mass is 10.0. The Bertz CT molecular complexity index is 889. The molecule has 0 bridgehead atoms. The van der Waals surface area contributed by atoms with Crippen molar-refractivity contribution in [1.29, 1.82) is 0 Å². The van der Waals surface area contributed by atoms with Crippen molar-refractivity contribution in [2.45, 2.75) is 19.4 Å². The molecule has 0 amide bonds. The summed E-state index contributed by atoms with van der Waals surface area (Å²) in [7, 11) is 0. The summed E-state index contributed by atoms with van der Waals surface area (Å²) < 4.78 is 2.89. The predicted molar refractivity (Wildman–Crippen MR) is 97.5 cm³/mol. The molecule has 1 aliphatic rings. The van der Waals surface area contributed by atoms with Crippen LogP contribution in [0.15, 0.2) is 48.7 Å². The lowest BCUT2D eigenvalue weighted by Gasteiger charge is -2.07. The highest BCUT2D eigenvalue weighted by Crippen LogP contribution is 2.28. The quantitative estimate of drug-likeness (QED) is 0.581. The number of pyridine rings is 1. The van der Waals surface area contributed by atoms with Crippen LogP contribution in [0.4, 0.5) is 0 Å². The molecule has 0 spiro atoms. The molecule has 0 aliphatic carbocycles. The Kier molecular flexibility index (Phi) is 4.42. The minimum atomic E-state index is 0.472. The summed E-state index contributed by atoms with van der Waals surface area (Å²) in [6.07, 6.45) is 3.36. The van der Waals surface area contributed by atoms with E-state index in [0.29, 0.717) is 17.3 Å². The van der Waals surface area contributed by atoms with Crippen LogP contribution < -0.4 is 10.0 Å². The first-order valence-electron chi connectivity index (χ1n) is 8.44. The zero-order valence-corrected chi connectivity index (χ0v) is 14.5. The SMILES string of the molecule is [O-][n+]1ccccc1Cn1nc(-c2ccc(Cl)cc2)c2c1CCNCC2. The molecule has 4 rings (SSSR count). The minimum Gasteiger partial charge on any atom is -0.618 e. The van der Waals surface area contributed by atoms with E-state index < -0.39 is 0 Å². The van der Waals surface area contributed by atoms with Crippen LogP contribution in [0.3, 0.4) is 0 Å². The van der Waals surface area contributed by atoms with Crippen molar-refractivity contribution < 1.29 is 4.73 Å². The van der Waals surface area contributed by atoms with Crippen molar-refractivity contribution in [2.75, 3.05) is 13.1 Å². The van der Waals surface area contributed by atoms with E-state index in [9.17, 15) is 5.21 Å². The molecule has 2 aromatic heterocycles. The van der Waals surface area contributed by atoms with Crippen molar-refractivity contribution >= 4 is 11.6 Å². The number of halogens is 1. The number of rotatable bonds is 3. The van der Waals surface area contributed by atoms with E-state index in [1.807, 2.05) is 41.1 Å². The van der Waals surface area contributed by atoms with Gasteiger partial charge in [0.1, 0.15) is 6.54 Å². The second kappa shape index (κ2) is 6.86. The molecule has 3 heterocycles. The van der Waals surface area contributed by atoms with E-state index in [1.165, 1.54) is 17.5 Å². The lowest BCUT2D eigenvalue weighted by Crippen LogP contribution is -2.32. The maximum Gasteiger partial charge on any atom is 0.214 e. The van der Waals surface area contributed by atoms with E-state index in [1.54, 1.807) is 6.07 Å². The maximum absolute atomic E-state index is 12.0. The van der Waals surface area contributed by atoms with Gasteiger partial charge < -0.3 is 10.5 Å². The largest absolute Gasteiger partial charge is 0.618 e. The fourth-order valence-corrected chi connectivity index (χ4v) is 3.46. The van der Waals surface area contributed by atoms with Gasteiger partial charge in [-0.05, 0) is 31.2 Å². The third-order valence-electron chi connectivity index (χ3n) is 4.59. The number of hydrogen-bond acceptors (Lipinski definition) is 3. The van der Waals surface area contributed by atoms with Crippen LogP contribution in [0.2, 0.25) is 5.02 Å². The first-order valence-corrected chi connectivity index (χ1v) is 8.82. The fourth-order valence-electron chi connectivity index (χ4n) is 3.33. The topological polar surface area (TPSA) is 56.8 Å². The molecule has 0 saturated heterocycles. The van der Waals surface area contributed by atoms with E-state index in [4.69, 9.17) is 16.7 Å². The Balaban J connectivity index is 1.79. The van der Waals surface area contributed by atoms with Crippen molar-refractivity contribution in [3.05, 3.63) is 75.8 Å². The van der Waals surface area contributed by atoms with Crippen molar-refractivity contribution in [3.8, 4) is 11.3 Å². The maximum atomic E-state index is 12.0. The summed E-state index contributed by atoms with van der Waals surface area (Å²) in [6, 6.07) is 13.3. The molecule has 0 atom stereocenters. The van der Waals surface area contributed by atoms with Gasteiger partial charge in [0.05, 0.1) is 5.69 Å². The van der Waals surface area contributed by atoms with E-state index in [0.717, 1.165) is 41.9 Å². The second-order valence-corrected chi connectivity index (χ2v) is 6.64. The Morgan fingerprint density at radius 2 is 1.92 bits per heavy atom. The average Bonchev–Trinajstić information content (AvgIpc) is 2.80. The van der Waals surface area contributed by atoms with E-state index in [-0.39, 0.29) is 0 Å². The molecular weight excluding hydrogens is 336 g/mol. The first-order chi connectivity index (χ1) is 12.2. The van der Waals surface area contributed by atoms with Crippen LogP contribution in [0.25, 0.3) is 11.3 Å². The number of nitrogens with zero attached hydrogens (tertiary/aromatic N) is 3. The van der Waals surface area contributed by atoms with Crippen molar-refractivity contribution in [2.24, 2.45) is 0 Å². The van der Waals surface area contributed by atoms with Gasteiger partial charge in [-0.2, -0.15) is 9.83 Å². The zero-order valence-electron chi connectivity index (χ0n) is 13.8. The Morgan fingerprint density at radius 1 is 1.12 bits per heavy atom. The molecule has 128 valence electrons. The smallest absolute Gasteiger partial charge is 0.214 e. The molecule has 1 aliphatic heterocycles. The molecule has 0 fully saturated rings. The molecular formula is C19H19ClN4O. The van der Waals surface area contributed by atoms with Crippen LogP contribution in [0.1, 0.15) is 17.0 Å². The van der Waals surface area contributed by atoms with Gasteiger partial charge in [0, 0.05) is 46.9 Å². The summed E-state index contributed by atoms with van der Waals surface area (Å²) in [5.41, 5.74) is 5.21. The standard InChI is InChI=1S/C19H19ClN4O/c20-15-6-4-14(5-7-15)19-17-8-10-21-11-9-18(17)23(22-19)13-16-3-1-2-12-24(16)25/h1-7,12,21H,8-11,13H2. The van der Waals surface area contributed by atoms with E-state index in [2.05, 4.69) is 5.32 Å². The zero-order chi connectivity index (χ0) is 17.2. The molecule has 6 heteroatoms. The second-order valence-electron chi connectivity index (χ2n) is 6.21. The molecule has 0 saturated carbocycles. The number of benzene rings is 1. The Hall–Kier alpha value is -2.37. The summed E-state index contributed by atoms with van der Waals surface area (Å²) in [5.74, 6) is 0. The van der Waals surface area contributed by atoms with Gasteiger partial charge in [0.25, 0.3) is 0 Å². The monoisotopic (exact) mass is 354 g/mol. The van der Waals surface area contributed by atoms with Crippen LogP contribution in [0, 0.1) is 5.21 Å². The van der Waals surface area contributed by atoms with Crippen LogP contribution in [0.5, 0.6) is 0 Å². The predicted octanol–water partition coefficient (Wildman–Crippen LogP) is 2.57. The number of aromatic nitrogens is 3. The third kappa shape index (κ3) is 3.25. The lowest BCUT2D eigenvalue weighted by molar-refractivity contribution is -0.614. The van der Waals surface area contributed by atoms with Gasteiger partial charge in [0.2, 0.25) is 5.69 Å². The van der Waals surface area contributed by atoms with Gasteiger partial charge in [-0.1, -0.05) is 23.7 Å². The van der Waals surface area contributed by atoms with Gasteiger partial charge in [-0.25, -0.2) is 0 Å². The third-order valence-corrected chi connectivity index (χ3v) is 4.84. The number of hydrogen-bond donors (Lipinski definition) is 1. The summed E-state index contributed by atoms with van der Waals surface area (Å²) >= 11 is 6.03. The summed E-state index contributed by atoms with van der Waals surface area (Å²) in [6.45, 7) is 2.33. The van der Waals surface area contributed by atoms with E-state index >= 15 is 0 Å². The van der Waals surface area contributed by atoms with Crippen LogP contribution in [-0.4, -0.2) is 22.9 Å².